The van der Waals surface area contributed by atoms with Crippen LogP contribution in [0.2, 0.25) is 0 Å². The minimum absolute atomic E-state index is 0.224. The number of hydrogen-bond donors (Lipinski definition) is 1. The van der Waals surface area contributed by atoms with Crippen LogP contribution in [0, 0.1) is 0 Å². The first-order chi connectivity index (χ1) is 10.1. The fourth-order valence-corrected chi connectivity index (χ4v) is 6.88. The van der Waals surface area contributed by atoms with Gasteiger partial charge in [-0.2, -0.15) is 0 Å². The zero-order valence-electron chi connectivity index (χ0n) is 12.2. The van der Waals surface area contributed by atoms with Gasteiger partial charge < -0.3 is 4.57 Å². The molecule has 1 heterocycles. The van der Waals surface area contributed by atoms with Crippen LogP contribution in [0.1, 0.15) is 13.3 Å². The van der Waals surface area contributed by atoms with E-state index in [-0.39, 0.29) is 6.04 Å². The number of nitrogens with one attached hydrogen (secondary N) is 1. The van der Waals surface area contributed by atoms with E-state index in [9.17, 15) is 4.57 Å². The summed E-state index contributed by atoms with van der Waals surface area (Å²) in [6.45, 7) is 5.96. The van der Waals surface area contributed by atoms with Crippen LogP contribution in [0.3, 0.4) is 0 Å². The summed E-state index contributed by atoms with van der Waals surface area (Å²) < 4.78 is 14.2. The lowest BCUT2D eigenvalue weighted by atomic mass is 10.2. The lowest BCUT2D eigenvalue weighted by Crippen LogP contribution is -2.31. The second kappa shape index (κ2) is 5.29. The molecule has 3 rings (SSSR count). The third kappa shape index (κ3) is 2.10. The average molecular weight is 297 g/mol. The van der Waals surface area contributed by atoms with Gasteiger partial charge in [-0.3, -0.25) is 5.32 Å². The largest absolute Gasteiger partial charge is 0.312 e. The zero-order valence-corrected chi connectivity index (χ0v) is 13.1. The van der Waals surface area contributed by atoms with Crippen molar-refractivity contribution in [3.63, 3.8) is 0 Å². The molecule has 0 spiro atoms. The van der Waals surface area contributed by atoms with Crippen molar-refractivity contribution < 1.29 is 4.57 Å². The molecule has 0 aliphatic carbocycles. The highest BCUT2D eigenvalue weighted by Crippen LogP contribution is 2.64. The van der Waals surface area contributed by atoms with Crippen molar-refractivity contribution in [2.75, 3.05) is 0 Å². The Bertz CT molecular complexity index is 639. The molecular weight excluding hydrogens is 277 g/mol. The van der Waals surface area contributed by atoms with E-state index in [0.29, 0.717) is 6.42 Å². The summed E-state index contributed by atoms with van der Waals surface area (Å²) in [4.78, 5) is 0. The van der Waals surface area contributed by atoms with E-state index in [4.69, 9.17) is 0 Å². The molecule has 1 aliphatic rings. The Morgan fingerprint density at radius 1 is 1.10 bits per heavy atom. The predicted molar refractivity (Wildman–Crippen MR) is 89.9 cm³/mol. The van der Waals surface area contributed by atoms with Gasteiger partial charge in [0.2, 0.25) is 0 Å². The van der Waals surface area contributed by atoms with Gasteiger partial charge in [0.25, 0.3) is 0 Å². The van der Waals surface area contributed by atoms with Crippen LogP contribution < -0.4 is 15.9 Å². The quantitative estimate of drug-likeness (QED) is 0.522. The Morgan fingerprint density at radius 3 is 1.86 bits per heavy atom. The smallest absolute Gasteiger partial charge is 0.164 e. The van der Waals surface area contributed by atoms with Gasteiger partial charge in [-0.25, -0.2) is 0 Å². The molecule has 3 heteroatoms. The number of hydrogen-bond acceptors (Lipinski definition) is 2. The predicted octanol–water partition coefficient (Wildman–Crippen LogP) is 3.26. The Kier molecular flexibility index (Phi) is 3.61. The third-order valence-corrected chi connectivity index (χ3v) is 8.23. The van der Waals surface area contributed by atoms with Gasteiger partial charge in [0.15, 0.2) is 7.14 Å². The van der Waals surface area contributed by atoms with Gasteiger partial charge in [-0.1, -0.05) is 66.7 Å². The van der Waals surface area contributed by atoms with Gasteiger partial charge in [0.05, 0.1) is 5.28 Å². The van der Waals surface area contributed by atoms with E-state index < -0.39 is 12.4 Å². The Labute approximate surface area is 126 Å². The van der Waals surface area contributed by atoms with Crippen LogP contribution in [0.4, 0.5) is 0 Å². The van der Waals surface area contributed by atoms with Crippen molar-refractivity contribution in [3.8, 4) is 0 Å². The van der Waals surface area contributed by atoms with E-state index in [1.54, 1.807) is 0 Å². The maximum Gasteiger partial charge on any atom is 0.164 e. The van der Waals surface area contributed by atoms with Crippen molar-refractivity contribution in [1.29, 1.82) is 0 Å². The summed E-state index contributed by atoms with van der Waals surface area (Å²) in [6, 6.07) is 19.9. The third-order valence-electron chi connectivity index (χ3n) is 4.36. The molecule has 1 fully saturated rings. The Morgan fingerprint density at radius 2 is 1.52 bits per heavy atom. The molecule has 2 aromatic carbocycles. The van der Waals surface area contributed by atoms with Crippen molar-refractivity contribution in [1.82, 2.24) is 5.32 Å². The molecule has 1 N–H and O–H groups in total. The maximum absolute atomic E-state index is 14.2. The molecule has 1 saturated heterocycles. The standard InChI is InChI=1S/C18H20NOP/c1-3-14-18(15(2)19-18)21(20,16-10-6-4-7-11-16)17-12-8-5-9-13-17/h3-13,15,19H,1,14H2,2H3/t15-,18+/m1/s1. The van der Waals surface area contributed by atoms with Crippen molar-refractivity contribution in [3.05, 3.63) is 73.3 Å². The van der Waals surface area contributed by atoms with Gasteiger partial charge in [0, 0.05) is 16.7 Å². The minimum atomic E-state index is -2.77. The van der Waals surface area contributed by atoms with E-state index in [1.165, 1.54) is 0 Å². The molecule has 108 valence electrons. The highest BCUT2D eigenvalue weighted by atomic mass is 31.2. The molecule has 0 radical (unpaired) electrons. The highest BCUT2D eigenvalue weighted by Gasteiger charge is 2.63. The summed E-state index contributed by atoms with van der Waals surface area (Å²) >= 11 is 0. The Balaban J connectivity index is 2.22. The van der Waals surface area contributed by atoms with Crippen LogP contribution in [0.15, 0.2) is 73.3 Å². The first-order valence-electron chi connectivity index (χ1n) is 7.25. The minimum Gasteiger partial charge on any atom is -0.312 e. The van der Waals surface area contributed by atoms with Crippen LogP contribution in [-0.2, 0) is 4.57 Å². The fraction of sp³-hybridized carbons (Fsp3) is 0.222. The summed E-state index contributed by atoms with van der Waals surface area (Å²) in [5.41, 5.74) is 0. The highest BCUT2D eigenvalue weighted by molar-refractivity contribution is 7.80. The fourth-order valence-electron chi connectivity index (χ4n) is 3.17. The van der Waals surface area contributed by atoms with E-state index in [2.05, 4.69) is 18.8 Å². The normalized spacial score (nSPS) is 24.5. The molecule has 0 unspecified atom stereocenters. The first-order valence-corrected chi connectivity index (χ1v) is 8.96. The van der Waals surface area contributed by atoms with Gasteiger partial charge in [0.1, 0.15) is 0 Å². The second-order valence-electron chi connectivity index (χ2n) is 5.56. The van der Waals surface area contributed by atoms with E-state index in [0.717, 1.165) is 10.6 Å². The van der Waals surface area contributed by atoms with Crippen LogP contribution >= 0.6 is 7.14 Å². The lowest BCUT2D eigenvalue weighted by molar-refractivity contribution is 0.572. The lowest BCUT2D eigenvalue weighted by Gasteiger charge is -2.27. The first kappa shape index (κ1) is 14.3. The molecule has 0 amide bonds. The van der Waals surface area contributed by atoms with Crippen LogP contribution in [-0.4, -0.2) is 11.3 Å². The van der Waals surface area contributed by atoms with E-state index in [1.807, 2.05) is 66.7 Å². The monoisotopic (exact) mass is 297 g/mol. The molecule has 0 bridgehead atoms. The molecule has 21 heavy (non-hydrogen) atoms. The number of rotatable bonds is 5. The van der Waals surface area contributed by atoms with Crippen LogP contribution in [0.25, 0.3) is 0 Å². The number of benzene rings is 2. The SMILES string of the molecule is C=CC[C@@]1(P(=O)(c2ccccc2)c2ccccc2)N[C@@H]1C. The Hall–Kier alpha value is -1.63. The summed E-state index contributed by atoms with van der Waals surface area (Å²) in [7, 11) is -2.77. The average Bonchev–Trinajstić information content (AvgIpc) is 3.20. The van der Waals surface area contributed by atoms with Crippen molar-refractivity contribution in [2.45, 2.75) is 24.7 Å². The molecule has 2 nitrogen and oxygen atoms in total. The molecule has 2 atom stereocenters. The molecule has 0 aromatic heterocycles. The topological polar surface area (TPSA) is 39.0 Å². The summed E-state index contributed by atoms with van der Waals surface area (Å²) in [5.74, 6) is 0. The maximum atomic E-state index is 14.2. The summed E-state index contributed by atoms with van der Waals surface area (Å²) in [5, 5.41) is 4.88. The van der Waals surface area contributed by atoms with Gasteiger partial charge >= 0.3 is 0 Å². The second-order valence-corrected chi connectivity index (χ2v) is 8.61. The zero-order chi connectivity index (χ0) is 14.9. The van der Waals surface area contributed by atoms with Crippen LogP contribution in [0.5, 0.6) is 0 Å². The summed E-state index contributed by atoms with van der Waals surface area (Å²) in [6.07, 6.45) is 2.57. The van der Waals surface area contributed by atoms with E-state index >= 15 is 0 Å². The molecule has 1 aliphatic heterocycles. The van der Waals surface area contributed by atoms with Gasteiger partial charge in [-0.15, -0.1) is 6.58 Å². The van der Waals surface area contributed by atoms with Crippen molar-refractivity contribution in [2.24, 2.45) is 0 Å². The molecule has 2 aromatic rings. The molecular formula is C18H20NOP. The molecule has 0 saturated carbocycles. The van der Waals surface area contributed by atoms with Crippen molar-refractivity contribution >= 4 is 17.8 Å². The van der Waals surface area contributed by atoms with Gasteiger partial charge in [-0.05, 0) is 13.3 Å².